The van der Waals surface area contributed by atoms with E-state index >= 15 is 0 Å². The SMILES string of the molecule is COc1ccc(-n2nnc(C(C)C)c2N)cc1. The molecular formula is C12H16N4O. The van der Waals surface area contributed by atoms with Crippen molar-refractivity contribution in [2.24, 2.45) is 0 Å². The van der Waals surface area contributed by atoms with Crippen LogP contribution in [0, 0.1) is 0 Å². The summed E-state index contributed by atoms with van der Waals surface area (Å²) in [5.41, 5.74) is 7.71. The topological polar surface area (TPSA) is 66.0 Å². The highest BCUT2D eigenvalue weighted by molar-refractivity contribution is 5.46. The molecule has 2 rings (SSSR count). The Morgan fingerprint density at radius 3 is 2.35 bits per heavy atom. The van der Waals surface area contributed by atoms with Crippen LogP contribution in [-0.2, 0) is 0 Å². The van der Waals surface area contributed by atoms with Gasteiger partial charge in [-0.3, -0.25) is 0 Å². The fourth-order valence-electron chi connectivity index (χ4n) is 1.63. The van der Waals surface area contributed by atoms with Crippen LogP contribution < -0.4 is 10.5 Å². The van der Waals surface area contributed by atoms with E-state index in [-0.39, 0.29) is 5.92 Å². The Labute approximate surface area is 100 Å². The summed E-state index contributed by atoms with van der Waals surface area (Å²) < 4.78 is 6.74. The van der Waals surface area contributed by atoms with Gasteiger partial charge in [-0.2, -0.15) is 4.68 Å². The lowest BCUT2D eigenvalue weighted by Gasteiger charge is -2.05. The Morgan fingerprint density at radius 2 is 1.88 bits per heavy atom. The zero-order valence-electron chi connectivity index (χ0n) is 10.2. The average Bonchev–Trinajstić information content (AvgIpc) is 2.71. The van der Waals surface area contributed by atoms with Gasteiger partial charge in [0, 0.05) is 5.92 Å². The molecule has 1 heterocycles. The minimum Gasteiger partial charge on any atom is -0.497 e. The third-order valence-electron chi connectivity index (χ3n) is 2.60. The average molecular weight is 232 g/mol. The summed E-state index contributed by atoms with van der Waals surface area (Å²) in [4.78, 5) is 0. The number of benzene rings is 1. The molecule has 2 N–H and O–H groups in total. The second kappa shape index (κ2) is 4.45. The van der Waals surface area contributed by atoms with E-state index in [1.165, 1.54) is 0 Å². The highest BCUT2D eigenvalue weighted by Crippen LogP contribution is 2.22. The third-order valence-corrected chi connectivity index (χ3v) is 2.60. The molecule has 0 saturated carbocycles. The Kier molecular flexibility index (Phi) is 2.99. The molecule has 0 aliphatic heterocycles. The summed E-state index contributed by atoms with van der Waals surface area (Å²) >= 11 is 0. The van der Waals surface area contributed by atoms with E-state index in [9.17, 15) is 0 Å². The third kappa shape index (κ3) is 2.08. The van der Waals surface area contributed by atoms with Crippen LogP contribution in [-0.4, -0.2) is 22.1 Å². The van der Waals surface area contributed by atoms with Gasteiger partial charge in [0.25, 0.3) is 0 Å². The van der Waals surface area contributed by atoms with Gasteiger partial charge >= 0.3 is 0 Å². The molecule has 0 fully saturated rings. The number of rotatable bonds is 3. The van der Waals surface area contributed by atoms with Crippen LogP contribution in [0.2, 0.25) is 0 Å². The molecule has 0 amide bonds. The summed E-state index contributed by atoms with van der Waals surface area (Å²) in [7, 11) is 1.63. The van der Waals surface area contributed by atoms with Crippen molar-refractivity contribution in [2.75, 3.05) is 12.8 Å². The Hall–Kier alpha value is -2.04. The first-order valence-corrected chi connectivity index (χ1v) is 5.49. The van der Waals surface area contributed by atoms with Crippen LogP contribution in [0.4, 0.5) is 5.82 Å². The Morgan fingerprint density at radius 1 is 1.24 bits per heavy atom. The fraction of sp³-hybridized carbons (Fsp3) is 0.333. The number of methoxy groups -OCH3 is 1. The molecule has 0 unspecified atom stereocenters. The van der Waals surface area contributed by atoms with Crippen molar-refractivity contribution in [3.8, 4) is 11.4 Å². The van der Waals surface area contributed by atoms with E-state index in [4.69, 9.17) is 10.5 Å². The lowest BCUT2D eigenvalue weighted by molar-refractivity contribution is 0.414. The number of ether oxygens (including phenoxy) is 1. The maximum atomic E-state index is 6.01. The van der Waals surface area contributed by atoms with Crippen molar-refractivity contribution < 1.29 is 4.74 Å². The predicted octanol–water partition coefficient (Wildman–Crippen LogP) is 1.98. The van der Waals surface area contributed by atoms with E-state index in [1.54, 1.807) is 11.8 Å². The first-order valence-electron chi connectivity index (χ1n) is 5.49. The van der Waals surface area contributed by atoms with Crippen molar-refractivity contribution in [3.63, 3.8) is 0 Å². The standard InChI is InChI=1S/C12H16N4O/c1-8(2)11-12(13)16(15-14-11)9-4-6-10(17-3)7-5-9/h4-8H,13H2,1-3H3. The van der Waals surface area contributed by atoms with Gasteiger partial charge in [-0.1, -0.05) is 19.1 Å². The molecule has 5 heteroatoms. The molecule has 17 heavy (non-hydrogen) atoms. The molecule has 90 valence electrons. The molecule has 0 saturated heterocycles. The minimum absolute atomic E-state index is 0.266. The molecule has 1 aromatic carbocycles. The zero-order valence-corrected chi connectivity index (χ0v) is 10.2. The van der Waals surface area contributed by atoms with Gasteiger partial charge in [0.2, 0.25) is 0 Å². The number of hydrogen-bond acceptors (Lipinski definition) is 4. The molecule has 0 aliphatic carbocycles. The number of nitrogens with two attached hydrogens (primary N) is 1. The Bertz CT molecular complexity index is 502. The van der Waals surface area contributed by atoms with Crippen LogP contribution >= 0.6 is 0 Å². The maximum absolute atomic E-state index is 6.01. The molecule has 0 aliphatic rings. The smallest absolute Gasteiger partial charge is 0.151 e. The molecule has 1 aromatic heterocycles. The molecule has 5 nitrogen and oxygen atoms in total. The predicted molar refractivity (Wildman–Crippen MR) is 66.4 cm³/mol. The van der Waals surface area contributed by atoms with Crippen LogP contribution in [0.25, 0.3) is 5.69 Å². The van der Waals surface area contributed by atoms with Crippen LogP contribution in [0.15, 0.2) is 24.3 Å². The van der Waals surface area contributed by atoms with E-state index in [1.807, 2.05) is 38.1 Å². The lowest BCUT2D eigenvalue weighted by Crippen LogP contribution is -2.03. The maximum Gasteiger partial charge on any atom is 0.151 e. The fourth-order valence-corrected chi connectivity index (χ4v) is 1.63. The van der Waals surface area contributed by atoms with Crippen molar-refractivity contribution in [1.82, 2.24) is 15.0 Å². The summed E-state index contributed by atoms with van der Waals surface area (Å²) in [6, 6.07) is 7.53. The van der Waals surface area contributed by atoms with E-state index in [2.05, 4.69) is 10.3 Å². The second-order valence-electron chi connectivity index (χ2n) is 4.12. The van der Waals surface area contributed by atoms with Crippen molar-refractivity contribution in [3.05, 3.63) is 30.0 Å². The van der Waals surface area contributed by atoms with E-state index < -0.39 is 0 Å². The number of anilines is 1. The quantitative estimate of drug-likeness (QED) is 0.878. The van der Waals surface area contributed by atoms with Crippen LogP contribution in [0.3, 0.4) is 0 Å². The number of hydrogen-bond donors (Lipinski definition) is 1. The van der Waals surface area contributed by atoms with Crippen LogP contribution in [0.1, 0.15) is 25.5 Å². The van der Waals surface area contributed by atoms with Crippen molar-refractivity contribution >= 4 is 5.82 Å². The zero-order chi connectivity index (χ0) is 12.4. The summed E-state index contributed by atoms with van der Waals surface area (Å²) in [6.07, 6.45) is 0. The second-order valence-corrected chi connectivity index (χ2v) is 4.12. The number of nitrogens with zero attached hydrogens (tertiary/aromatic N) is 3. The number of aromatic nitrogens is 3. The van der Waals surface area contributed by atoms with Gasteiger partial charge in [-0.25, -0.2) is 0 Å². The monoisotopic (exact) mass is 232 g/mol. The largest absolute Gasteiger partial charge is 0.497 e. The molecule has 0 bridgehead atoms. The first kappa shape index (κ1) is 11.4. The van der Waals surface area contributed by atoms with Gasteiger partial charge in [0.15, 0.2) is 5.82 Å². The molecule has 0 spiro atoms. The minimum atomic E-state index is 0.266. The highest BCUT2D eigenvalue weighted by atomic mass is 16.5. The van der Waals surface area contributed by atoms with Gasteiger partial charge in [-0.15, -0.1) is 5.10 Å². The van der Waals surface area contributed by atoms with Gasteiger partial charge in [0.05, 0.1) is 12.8 Å². The lowest BCUT2D eigenvalue weighted by atomic mass is 10.1. The van der Waals surface area contributed by atoms with Crippen molar-refractivity contribution in [1.29, 1.82) is 0 Å². The van der Waals surface area contributed by atoms with Gasteiger partial charge < -0.3 is 10.5 Å². The highest BCUT2D eigenvalue weighted by Gasteiger charge is 2.13. The van der Waals surface area contributed by atoms with Gasteiger partial charge in [0.1, 0.15) is 11.4 Å². The van der Waals surface area contributed by atoms with E-state index in [0.717, 1.165) is 17.1 Å². The van der Waals surface area contributed by atoms with Gasteiger partial charge in [-0.05, 0) is 24.3 Å². The molecular weight excluding hydrogens is 216 g/mol. The summed E-state index contributed by atoms with van der Waals surface area (Å²) in [6.45, 7) is 4.08. The van der Waals surface area contributed by atoms with Crippen LogP contribution in [0.5, 0.6) is 5.75 Å². The number of nitrogen functional groups attached to an aromatic ring is 1. The normalized spacial score (nSPS) is 10.8. The molecule has 0 radical (unpaired) electrons. The first-order chi connectivity index (χ1) is 8.13. The summed E-state index contributed by atoms with van der Waals surface area (Å²) in [5, 5.41) is 8.15. The molecule has 0 atom stereocenters. The van der Waals surface area contributed by atoms with Crippen molar-refractivity contribution in [2.45, 2.75) is 19.8 Å². The van der Waals surface area contributed by atoms with E-state index in [0.29, 0.717) is 5.82 Å². The summed E-state index contributed by atoms with van der Waals surface area (Å²) in [5.74, 6) is 1.66. The Balaban J connectivity index is 2.39. The molecule has 2 aromatic rings.